The molecule has 0 radical (unpaired) electrons. The van der Waals surface area contributed by atoms with Gasteiger partial charge in [0, 0.05) is 11.8 Å². The fourth-order valence-electron chi connectivity index (χ4n) is 1.73. The van der Waals surface area contributed by atoms with E-state index in [-0.39, 0.29) is 6.42 Å². The molecule has 1 N–H and O–H groups in total. The minimum absolute atomic E-state index is 0.204. The smallest absolute Gasteiger partial charge is 0.307 e. The van der Waals surface area contributed by atoms with Gasteiger partial charge in [0.2, 0.25) is 0 Å². The SMILES string of the molecule is O=C(O)Cc1cc(Cl)cnc1-c1c(Cl)cccc1Cl. The lowest BCUT2D eigenvalue weighted by Crippen LogP contribution is -2.03. The van der Waals surface area contributed by atoms with Gasteiger partial charge in [-0.2, -0.15) is 0 Å². The van der Waals surface area contributed by atoms with E-state index in [0.29, 0.717) is 31.9 Å². The number of carboxylic acids is 1. The van der Waals surface area contributed by atoms with Crippen LogP contribution in [0.3, 0.4) is 0 Å². The summed E-state index contributed by atoms with van der Waals surface area (Å²) in [7, 11) is 0. The number of hydrogen-bond donors (Lipinski definition) is 1. The third kappa shape index (κ3) is 3.18. The van der Waals surface area contributed by atoms with Gasteiger partial charge in [0.15, 0.2) is 0 Å². The van der Waals surface area contributed by atoms with E-state index >= 15 is 0 Å². The Balaban J connectivity index is 2.64. The summed E-state index contributed by atoms with van der Waals surface area (Å²) in [6.07, 6.45) is 1.23. The van der Waals surface area contributed by atoms with Gasteiger partial charge in [-0.05, 0) is 23.8 Å². The van der Waals surface area contributed by atoms with E-state index in [1.54, 1.807) is 24.3 Å². The zero-order chi connectivity index (χ0) is 14.0. The van der Waals surface area contributed by atoms with Crippen molar-refractivity contribution in [1.82, 2.24) is 4.98 Å². The first-order chi connectivity index (χ1) is 8.99. The average molecular weight is 317 g/mol. The van der Waals surface area contributed by atoms with Crippen LogP contribution in [-0.4, -0.2) is 16.1 Å². The Kier molecular flexibility index (Phi) is 4.30. The first kappa shape index (κ1) is 14.1. The van der Waals surface area contributed by atoms with Crippen LogP contribution >= 0.6 is 34.8 Å². The van der Waals surface area contributed by atoms with Gasteiger partial charge in [0.1, 0.15) is 0 Å². The van der Waals surface area contributed by atoms with Crippen molar-refractivity contribution in [1.29, 1.82) is 0 Å². The monoisotopic (exact) mass is 315 g/mol. The van der Waals surface area contributed by atoms with Crippen molar-refractivity contribution in [2.45, 2.75) is 6.42 Å². The van der Waals surface area contributed by atoms with Crippen LogP contribution in [0, 0.1) is 0 Å². The highest BCUT2D eigenvalue weighted by molar-refractivity contribution is 6.39. The molecule has 2 rings (SSSR count). The van der Waals surface area contributed by atoms with Crippen LogP contribution in [0.4, 0.5) is 0 Å². The fourth-order valence-corrected chi connectivity index (χ4v) is 2.48. The summed E-state index contributed by atoms with van der Waals surface area (Å²) >= 11 is 18.1. The molecule has 98 valence electrons. The van der Waals surface area contributed by atoms with Gasteiger partial charge < -0.3 is 5.11 Å². The topological polar surface area (TPSA) is 50.2 Å². The van der Waals surface area contributed by atoms with Crippen molar-refractivity contribution in [2.24, 2.45) is 0 Å². The molecule has 0 amide bonds. The lowest BCUT2D eigenvalue weighted by Gasteiger charge is -2.10. The van der Waals surface area contributed by atoms with Crippen LogP contribution in [0.1, 0.15) is 5.56 Å². The van der Waals surface area contributed by atoms with E-state index < -0.39 is 5.97 Å². The second-order valence-corrected chi connectivity index (χ2v) is 5.08. The summed E-state index contributed by atoms with van der Waals surface area (Å²) in [6, 6.07) is 6.60. The maximum absolute atomic E-state index is 10.9. The molecule has 3 nitrogen and oxygen atoms in total. The summed E-state index contributed by atoms with van der Waals surface area (Å²) in [5.41, 5.74) is 1.41. The average Bonchev–Trinajstić information content (AvgIpc) is 2.30. The molecule has 0 spiro atoms. The van der Waals surface area contributed by atoms with Gasteiger partial charge in [0.25, 0.3) is 0 Å². The van der Waals surface area contributed by atoms with Crippen molar-refractivity contribution < 1.29 is 9.90 Å². The Labute approximate surface area is 124 Å². The maximum atomic E-state index is 10.9. The lowest BCUT2D eigenvalue weighted by molar-refractivity contribution is -0.136. The quantitative estimate of drug-likeness (QED) is 0.916. The highest BCUT2D eigenvalue weighted by atomic mass is 35.5. The van der Waals surface area contributed by atoms with Crippen molar-refractivity contribution in [3.63, 3.8) is 0 Å². The normalized spacial score (nSPS) is 10.5. The molecule has 1 aromatic carbocycles. The Morgan fingerprint density at radius 2 is 1.84 bits per heavy atom. The number of nitrogens with zero attached hydrogens (tertiary/aromatic N) is 1. The highest BCUT2D eigenvalue weighted by Gasteiger charge is 2.16. The third-order valence-corrected chi connectivity index (χ3v) is 3.31. The molecule has 19 heavy (non-hydrogen) atoms. The Bertz CT molecular complexity index is 624. The zero-order valence-corrected chi connectivity index (χ0v) is 11.8. The number of aromatic nitrogens is 1. The molecule has 1 aromatic heterocycles. The van der Waals surface area contributed by atoms with Crippen LogP contribution in [0.5, 0.6) is 0 Å². The molecule has 0 atom stereocenters. The highest BCUT2D eigenvalue weighted by Crippen LogP contribution is 2.36. The summed E-state index contributed by atoms with van der Waals surface area (Å²) in [5.74, 6) is -0.978. The van der Waals surface area contributed by atoms with E-state index in [4.69, 9.17) is 39.9 Å². The van der Waals surface area contributed by atoms with Gasteiger partial charge in [-0.25, -0.2) is 0 Å². The van der Waals surface area contributed by atoms with Crippen molar-refractivity contribution in [3.05, 3.63) is 51.1 Å². The Hall–Kier alpha value is -1.29. The minimum Gasteiger partial charge on any atom is -0.481 e. The number of rotatable bonds is 3. The first-order valence-corrected chi connectivity index (χ1v) is 6.43. The van der Waals surface area contributed by atoms with E-state index in [1.807, 2.05) is 0 Å². The summed E-state index contributed by atoms with van der Waals surface area (Å²) in [5, 5.41) is 10.1. The molecule has 6 heteroatoms. The predicted octanol–water partition coefficient (Wildman–Crippen LogP) is 4.34. The molecule has 2 aromatic rings. The van der Waals surface area contributed by atoms with Crippen molar-refractivity contribution in [3.8, 4) is 11.3 Å². The zero-order valence-electron chi connectivity index (χ0n) is 9.53. The Morgan fingerprint density at radius 1 is 1.21 bits per heavy atom. The molecule has 1 heterocycles. The lowest BCUT2D eigenvalue weighted by atomic mass is 10.0. The van der Waals surface area contributed by atoms with Crippen LogP contribution in [0.2, 0.25) is 15.1 Å². The predicted molar refractivity (Wildman–Crippen MR) is 76.0 cm³/mol. The van der Waals surface area contributed by atoms with Gasteiger partial charge in [-0.3, -0.25) is 9.78 Å². The van der Waals surface area contributed by atoms with E-state index in [0.717, 1.165) is 0 Å². The Morgan fingerprint density at radius 3 is 2.42 bits per heavy atom. The summed E-state index contributed by atoms with van der Waals surface area (Å²) < 4.78 is 0. The number of benzene rings is 1. The molecule has 0 fully saturated rings. The molecule has 0 saturated carbocycles. The maximum Gasteiger partial charge on any atom is 0.307 e. The molecule has 0 aliphatic carbocycles. The third-order valence-electron chi connectivity index (χ3n) is 2.47. The number of halogens is 3. The van der Waals surface area contributed by atoms with Crippen LogP contribution in [-0.2, 0) is 11.2 Å². The number of pyridine rings is 1. The fraction of sp³-hybridized carbons (Fsp3) is 0.0769. The first-order valence-electron chi connectivity index (χ1n) is 5.29. The molecular weight excluding hydrogens is 309 g/mol. The van der Waals surface area contributed by atoms with Gasteiger partial charge in [0.05, 0.1) is 27.2 Å². The molecule has 0 bridgehead atoms. The largest absolute Gasteiger partial charge is 0.481 e. The standard InChI is InChI=1S/C13H8Cl3NO2/c14-8-4-7(5-11(18)19)13(17-6-8)12-9(15)2-1-3-10(12)16/h1-4,6H,5H2,(H,18,19). The van der Waals surface area contributed by atoms with Crippen LogP contribution < -0.4 is 0 Å². The molecular formula is C13H8Cl3NO2. The van der Waals surface area contributed by atoms with Crippen LogP contribution in [0.25, 0.3) is 11.3 Å². The van der Waals surface area contributed by atoms with E-state index in [2.05, 4.69) is 4.98 Å². The van der Waals surface area contributed by atoms with Crippen LogP contribution in [0.15, 0.2) is 30.5 Å². The molecule has 0 aliphatic heterocycles. The molecule has 0 unspecified atom stereocenters. The summed E-state index contributed by atoms with van der Waals surface area (Å²) in [4.78, 5) is 15.1. The molecule has 0 saturated heterocycles. The van der Waals surface area contributed by atoms with Crippen molar-refractivity contribution in [2.75, 3.05) is 0 Å². The number of carboxylic acid groups (broad SMARTS) is 1. The van der Waals surface area contributed by atoms with Gasteiger partial charge >= 0.3 is 5.97 Å². The number of carbonyl (C=O) groups is 1. The van der Waals surface area contributed by atoms with E-state index in [1.165, 1.54) is 6.20 Å². The minimum atomic E-state index is -0.978. The number of aliphatic carboxylic acids is 1. The van der Waals surface area contributed by atoms with Gasteiger partial charge in [-0.15, -0.1) is 0 Å². The second-order valence-electron chi connectivity index (χ2n) is 3.83. The summed E-state index contributed by atoms with van der Waals surface area (Å²) in [6.45, 7) is 0. The van der Waals surface area contributed by atoms with Crippen molar-refractivity contribution >= 4 is 40.8 Å². The second kappa shape index (κ2) is 5.78. The number of hydrogen-bond acceptors (Lipinski definition) is 2. The van der Waals surface area contributed by atoms with E-state index in [9.17, 15) is 4.79 Å². The molecule has 0 aliphatic rings. The van der Waals surface area contributed by atoms with Gasteiger partial charge in [-0.1, -0.05) is 40.9 Å².